The number of aryl methyl sites for hydroxylation is 1. The van der Waals surface area contributed by atoms with Crippen molar-refractivity contribution in [1.82, 2.24) is 5.32 Å². The van der Waals surface area contributed by atoms with Crippen LogP contribution in [0.1, 0.15) is 44.8 Å². The third-order valence-electron chi connectivity index (χ3n) is 4.05. The van der Waals surface area contributed by atoms with Gasteiger partial charge in [-0.2, -0.15) is 0 Å². The van der Waals surface area contributed by atoms with E-state index in [1.807, 2.05) is 12.1 Å². The van der Waals surface area contributed by atoms with Gasteiger partial charge in [-0.15, -0.1) is 0 Å². The second kappa shape index (κ2) is 6.75. The summed E-state index contributed by atoms with van der Waals surface area (Å²) in [5.74, 6) is 1.01. The van der Waals surface area contributed by atoms with E-state index < -0.39 is 0 Å². The maximum Gasteiger partial charge on any atom is 0.220 e. The van der Waals surface area contributed by atoms with Gasteiger partial charge in [0.2, 0.25) is 5.91 Å². The van der Waals surface area contributed by atoms with Gasteiger partial charge in [0.25, 0.3) is 0 Å². The minimum atomic E-state index is -0.135. The first kappa shape index (κ1) is 14.1. The van der Waals surface area contributed by atoms with Crippen LogP contribution in [-0.4, -0.2) is 18.0 Å². The Hall–Kier alpha value is -1.29. The number of hydrogen-bond acceptors (Lipinski definition) is 3. The Labute approximate surface area is 114 Å². The molecule has 1 saturated carbocycles. The van der Waals surface area contributed by atoms with Crippen LogP contribution in [0, 0.1) is 5.92 Å². The van der Waals surface area contributed by atoms with Crippen LogP contribution in [0.2, 0.25) is 0 Å². The number of rotatable bonds is 6. The smallest absolute Gasteiger partial charge is 0.220 e. The number of hydrogen-bond donors (Lipinski definition) is 2. The maximum atomic E-state index is 11.1. The third-order valence-corrected chi connectivity index (χ3v) is 4.05. The fourth-order valence-electron chi connectivity index (χ4n) is 2.84. The molecule has 1 aromatic rings. The van der Waals surface area contributed by atoms with Gasteiger partial charge >= 0.3 is 0 Å². The maximum absolute atomic E-state index is 11.1. The highest BCUT2D eigenvalue weighted by atomic mass is 16.3. The number of carbonyl (C=O) groups is 1. The Morgan fingerprint density at radius 3 is 2.79 bits per heavy atom. The zero-order valence-electron chi connectivity index (χ0n) is 11.6. The summed E-state index contributed by atoms with van der Waals surface area (Å²) in [6, 6.07) is 4.95. The van der Waals surface area contributed by atoms with Crippen LogP contribution in [0.3, 0.4) is 0 Å². The third kappa shape index (κ3) is 4.39. The predicted molar refractivity (Wildman–Crippen MR) is 74.6 cm³/mol. The molecular weight excluding hydrogens is 240 g/mol. The summed E-state index contributed by atoms with van der Waals surface area (Å²) in [5.41, 5.74) is 5.35. The summed E-state index contributed by atoms with van der Waals surface area (Å²) in [6.07, 6.45) is 7.73. The van der Waals surface area contributed by atoms with Crippen LogP contribution in [0.25, 0.3) is 0 Å². The van der Waals surface area contributed by atoms with Crippen molar-refractivity contribution in [3.8, 4) is 0 Å². The van der Waals surface area contributed by atoms with Crippen LogP contribution in [0.4, 0.5) is 0 Å². The molecule has 1 aromatic heterocycles. The molecule has 2 rings (SSSR count). The van der Waals surface area contributed by atoms with Crippen molar-refractivity contribution in [1.29, 1.82) is 0 Å². The van der Waals surface area contributed by atoms with Gasteiger partial charge in [0, 0.05) is 24.4 Å². The Balaban J connectivity index is 1.66. The molecule has 4 nitrogen and oxygen atoms in total. The summed E-state index contributed by atoms with van der Waals surface area (Å²) >= 11 is 0. The molecule has 0 bridgehead atoms. The minimum absolute atomic E-state index is 0.0940. The Bertz CT molecular complexity index is 381. The van der Waals surface area contributed by atoms with E-state index in [0.29, 0.717) is 12.1 Å². The molecule has 1 atom stereocenters. The van der Waals surface area contributed by atoms with Crippen LogP contribution >= 0.6 is 0 Å². The van der Waals surface area contributed by atoms with Crippen LogP contribution in [0.5, 0.6) is 0 Å². The molecular formula is C15H24N2O2. The van der Waals surface area contributed by atoms with Gasteiger partial charge in [0.05, 0.1) is 6.26 Å². The number of furan rings is 1. The second-order valence-corrected chi connectivity index (χ2v) is 5.64. The van der Waals surface area contributed by atoms with Gasteiger partial charge in [-0.25, -0.2) is 0 Å². The first-order valence-corrected chi connectivity index (χ1v) is 7.23. The molecule has 1 fully saturated rings. The number of carbonyl (C=O) groups excluding carboxylic acids is 1. The fourth-order valence-corrected chi connectivity index (χ4v) is 2.84. The summed E-state index contributed by atoms with van der Waals surface area (Å²) < 4.78 is 5.34. The van der Waals surface area contributed by atoms with E-state index in [9.17, 15) is 4.79 Å². The van der Waals surface area contributed by atoms with Crippen molar-refractivity contribution in [3.63, 3.8) is 0 Å². The number of primary amides is 1. The molecule has 1 amide bonds. The molecule has 0 saturated heterocycles. The zero-order chi connectivity index (χ0) is 13.7. The molecule has 1 aliphatic rings. The van der Waals surface area contributed by atoms with Crippen LogP contribution in [-0.2, 0) is 11.2 Å². The van der Waals surface area contributed by atoms with Gasteiger partial charge < -0.3 is 15.5 Å². The lowest BCUT2D eigenvalue weighted by Crippen LogP contribution is -2.41. The van der Waals surface area contributed by atoms with Crippen molar-refractivity contribution in [2.75, 3.05) is 0 Å². The quantitative estimate of drug-likeness (QED) is 0.828. The summed E-state index contributed by atoms with van der Waals surface area (Å²) in [4.78, 5) is 11.1. The summed E-state index contributed by atoms with van der Waals surface area (Å²) in [5, 5.41) is 3.65. The second-order valence-electron chi connectivity index (χ2n) is 5.64. The molecule has 3 N–H and O–H groups in total. The first-order valence-electron chi connectivity index (χ1n) is 7.23. The van der Waals surface area contributed by atoms with Gasteiger partial charge in [-0.3, -0.25) is 4.79 Å². The van der Waals surface area contributed by atoms with Crippen molar-refractivity contribution < 1.29 is 9.21 Å². The van der Waals surface area contributed by atoms with Crippen molar-refractivity contribution in [2.24, 2.45) is 11.7 Å². The average molecular weight is 264 g/mol. The van der Waals surface area contributed by atoms with Gasteiger partial charge in [0.1, 0.15) is 5.76 Å². The normalized spacial score (nSPS) is 25.1. The number of nitrogens with one attached hydrogen (secondary N) is 1. The van der Waals surface area contributed by atoms with E-state index >= 15 is 0 Å². The van der Waals surface area contributed by atoms with E-state index in [0.717, 1.165) is 44.3 Å². The lowest BCUT2D eigenvalue weighted by atomic mass is 9.85. The standard InChI is InChI=1S/C15H24N2O2/c1-11(4-9-14-3-2-10-19-14)17-13-7-5-12(6-8-13)15(16)18/h2-3,10-13,17H,4-9H2,1H3,(H2,16,18). The fraction of sp³-hybridized carbons (Fsp3) is 0.667. The lowest BCUT2D eigenvalue weighted by molar-refractivity contribution is -0.122. The van der Waals surface area contributed by atoms with Crippen molar-refractivity contribution >= 4 is 5.91 Å². The van der Waals surface area contributed by atoms with E-state index in [1.54, 1.807) is 6.26 Å². The highest BCUT2D eigenvalue weighted by Crippen LogP contribution is 2.24. The monoisotopic (exact) mass is 264 g/mol. The summed E-state index contributed by atoms with van der Waals surface area (Å²) in [6.45, 7) is 2.21. The van der Waals surface area contributed by atoms with Gasteiger partial charge in [-0.1, -0.05) is 0 Å². The summed E-state index contributed by atoms with van der Waals surface area (Å²) in [7, 11) is 0. The Kier molecular flexibility index (Phi) is 5.02. The molecule has 0 aromatic carbocycles. The minimum Gasteiger partial charge on any atom is -0.469 e. The predicted octanol–water partition coefficient (Wildman–Crippen LogP) is 2.23. The molecule has 1 unspecified atom stereocenters. The SMILES string of the molecule is CC(CCc1ccco1)NC1CCC(C(N)=O)CC1. The Morgan fingerprint density at radius 1 is 1.47 bits per heavy atom. The molecule has 0 aliphatic heterocycles. The highest BCUT2D eigenvalue weighted by Gasteiger charge is 2.25. The van der Waals surface area contributed by atoms with E-state index in [2.05, 4.69) is 12.2 Å². The number of amides is 1. The molecule has 19 heavy (non-hydrogen) atoms. The molecule has 1 heterocycles. The van der Waals surface area contributed by atoms with E-state index in [1.165, 1.54) is 0 Å². The average Bonchev–Trinajstić information content (AvgIpc) is 2.90. The van der Waals surface area contributed by atoms with Crippen molar-refractivity contribution in [3.05, 3.63) is 24.2 Å². The molecule has 0 spiro atoms. The van der Waals surface area contributed by atoms with Crippen molar-refractivity contribution in [2.45, 2.75) is 57.5 Å². The molecule has 4 heteroatoms. The first-order chi connectivity index (χ1) is 9.15. The molecule has 106 valence electrons. The zero-order valence-corrected chi connectivity index (χ0v) is 11.6. The van der Waals surface area contributed by atoms with Crippen LogP contribution in [0.15, 0.2) is 22.8 Å². The molecule has 0 radical (unpaired) electrons. The van der Waals surface area contributed by atoms with Crippen LogP contribution < -0.4 is 11.1 Å². The Morgan fingerprint density at radius 2 is 2.21 bits per heavy atom. The molecule has 1 aliphatic carbocycles. The van der Waals surface area contributed by atoms with E-state index in [-0.39, 0.29) is 11.8 Å². The van der Waals surface area contributed by atoms with Gasteiger partial charge in [0.15, 0.2) is 0 Å². The number of nitrogens with two attached hydrogens (primary N) is 1. The highest BCUT2D eigenvalue weighted by molar-refractivity contribution is 5.76. The lowest BCUT2D eigenvalue weighted by Gasteiger charge is -2.29. The van der Waals surface area contributed by atoms with Gasteiger partial charge in [-0.05, 0) is 51.2 Å². The topological polar surface area (TPSA) is 68.3 Å². The van der Waals surface area contributed by atoms with E-state index in [4.69, 9.17) is 10.2 Å². The largest absolute Gasteiger partial charge is 0.469 e.